The van der Waals surface area contributed by atoms with E-state index < -0.39 is 5.51 Å². The first-order valence-corrected chi connectivity index (χ1v) is 6.85. The minimum Gasteiger partial charge on any atom is -0.160 e. The second kappa shape index (κ2) is 6.76. The third kappa shape index (κ3) is 5.40. The van der Waals surface area contributed by atoms with Crippen LogP contribution in [0.2, 0.25) is 5.02 Å². The lowest BCUT2D eigenvalue weighted by Crippen LogP contribution is -2.07. The molecule has 1 aromatic rings. The predicted octanol–water partition coefficient (Wildman–Crippen LogP) is 5.31. The molecule has 0 aliphatic carbocycles. The van der Waals surface area contributed by atoms with E-state index in [1.165, 1.54) is 0 Å². The monoisotopic (exact) mass is 302 g/mol. The molecule has 0 heterocycles. The van der Waals surface area contributed by atoms with Crippen LogP contribution in [-0.4, -0.2) is 17.1 Å². The average molecular weight is 303 g/mol. The average Bonchev–Trinajstić information content (AvgIpc) is 2.24. The SMILES string of the molecule is FC(F)(F)SCCC(CCl)c1ccccc1Cl. The van der Waals surface area contributed by atoms with Crippen molar-refractivity contribution in [2.45, 2.75) is 17.8 Å². The molecule has 1 unspecified atom stereocenters. The van der Waals surface area contributed by atoms with Crippen LogP contribution in [0.1, 0.15) is 17.9 Å². The van der Waals surface area contributed by atoms with Gasteiger partial charge in [-0.15, -0.1) is 11.6 Å². The van der Waals surface area contributed by atoms with Gasteiger partial charge in [-0.3, -0.25) is 0 Å². The Balaban J connectivity index is 2.58. The molecule has 0 fully saturated rings. The fourth-order valence-electron chi connectivity index (χ4n) is 1.44. The molecule has 0 spiro atoms. The summed E-state index contributed by atoms with van der Waals surface area (Å²) in [6, 6.07) is 7.10. The highest BCUT2D eigenvalue weighted by Crippen LogP contribution is 2.34. The Labute approximate surface area is 112 Å². The first kappa shape index (κ1) is 15.0. The highest BCUT2D eigenvalue weighted by Gasteiger charge is 2.28. The minimum atomic E-state index is -4.18. The molecule has 0 aliphatic heterocycles. The Morgan fingerprint density at radius 1 is 1.24 bits per heavy atom. The number of benzene rings is 1. The normalized spacial score (nSPS) is 13.7. The van der Waals surface area contributed by atoms with Gasteiger partial charge in [-0.25, -0.2) is 0 Å². The first-order valence-electron chi connectivity index (χ1n) is 4.95. The van der Waals surface area contributed by atoms with Crippen molar-refractivity contribution in [1.29, 1.82) is 0 Å². The number of thioether (sulfide) groups is 1. The molecule has 1 aromatic carbocycles. The maximum atomic E-state index is 12.0. The van der Waals surface area contributed by atoms with Gasteiger partial charge < -0.3 is 0 Å². The molecule has 0 amide bonds. The van der Waals surface area contributed by atoms with E-state index >= 15 is 0 Å². The van der Waals surface area contributed by atoms with Crippen molar-refractivity contribution in [3.8, 4) is 0 Å². The van der Waals surface area contributed by atoms with Crippen LogP contribution in [-0.2, 0) is 0 Å². The fraction of sp³-hybridized carbons (Fsp3) is 0.455. The summed E-state index contributed by atoms with van der Waals surface area (Å²) in [5.74, 6) is 0.120. The number of hydrogen-bond donors (Lipinski definition) is 0. The third-order valence-corrected chi connectivity index (χ3v) is 3.75. The zero-order valence-corrected chi connectivity index (χ0v) is 11.1. The molecular weight excluding hydrogens is 292 g/mol. The van der Waals surface area contributed by atoms with Gasteiger partial charge >= 0.3 is 5.51 Å². The second-order valence-electron chi connectivity index (χ2n) is 3.46. The molecule has 96 valence electrons. The van der Waals surface area contributed by atoms with Gasteiger partial charge in [-0.1, -0.05) is 41.6 Å². The number of halogens is 5. The van der Waals surface area contributed by atoms with Gasteiger partial charge in [0.2, 0.25) is 0 Å². The number of hydrogen-bond acceptors (Lipinski definition) is 1. The summed E-state index contributed by atoms with van der Waals surface area (Å²) < 4.78 is 36.0. The van der Waals surface area contributed by atoms with E-state index in [1.807, 2.05) is 0 Å². The van der Waals surface area contributed by atoms with Crippen molar-refractivity contribution < 1.29 is 13.2 Å². The van der Waals surface area contributed by atoms with Crippen LogP contribution >= 0.6 is 35.0 Å². The van der Waals surface area contributed by atoms with Crippen molar-refractivity contribution in [3.05, 3.63) is 34.9 Å². The van der Waals surface area contributed by atoms with Crippen LogP contribution in [0.3, 0.4) is 0 Å². The number of alkyl halides is 4. The smallest absolute Gasteiger partial charge is 0.160 e. The third-order valence-electron chi connectivity index (χ3n) is 2.26. The summed E-state index contributed by atoms with van der Waals surface area (Å²) in [7, 11) is 0. The highest BCUT2D eigenvalue weighted by atomic mass is 35.5. The van der Waals surface area contributed by atoms with E-state index in [9.17, 15) is 13.2 Å². The van der Waals surface area contributed by atoms with Gasteiger partial charge in [0.05, 0.1) is 0 Å². The molecule has 0 bridgehead atoms. The molecule has 0 saturated carbocycles. The molecule has 6 heteroatoms. The molecule has 0 radical (unpaired) electrons. The van der Waals surface area contributed by atoms with Crippen LogP contribution in [0.15, 0.2) is 24.3 Å². The summed E-state index contributed by atoms with van der Waals surface area (Å²) >= 11 is 11.7. The summed E-state index contributed by atoms with van der Waals surface area (Å²) in [5, 5.41) is 0.551. The van der Waals surface area contributed by atoms with Crippen LogP contribution in [0.5, 0.6) is 0 Å². The molecule has 1 rings (SSSR count). The topological polar surface area (TPSA) is 0 Å². The predicted molar refractivity (Wildman–Crippen MR) is 68.0 cm³/mol. The van der Waals surface area contributed by atoms with Crippen molar-refractivity contribution in [2.24, 2.45) is 0 Å². The van der Waals surface area contributed by atoms with E-state index in [0.29, 0.717) is 11.4 Å². The van der Waals surface area contributed by atoms with Crippen LogP contribution < -0.4 is 0 Å². The van der Waals surface area contributed by atoms with Crippen molar-refractivity contribution in [3.63, 3.8) is 0 Å². The van der Waals surface area contributed by atoms with Crippen LogP contribution in [0.4, 0.5) is 13.2 Å². The van der Waals surface area contributed by atoms with Crippen LogP contribution in [0.25, 0.3) is 0 Å². The van der Waals surface area contributed by atoms with Crippen molar-refractivity contribution >= 4 is 35.0 Å². The second-order valence-corrected chi connectivity index (χ2v) is 5.33. The number of rotatable bonds is 5. The molecule has 1 atom stereocenters. The van der Waals surface area contributed by atoms with Crippen molar-refractivity contribution in [1.82, 2.24) is 0 Å². The minimum absolute atomic E-state index is 0.00783. The van der Waals surface area contributed by atoms with Gasteiger partial charge in [-0.05, 0) is 24.0 Å². The van der Waals surface area contributed by atoms with Crippen LogP contribution in [0, 0.1) is 0 Å². The molecule has 17 heavy (non-hydrogen) atoms. The molecular formula is C11H11Cl2F3S. The standard InChI is InChI=1S/C11H11Cl2F3S/c12-7-8(5-6-17-11(14,15)16)9-3-1-2-4-10(9)13/h1-4,8H,5-7H2. The fourth-order valence-corrected chi connectivity index (χ4v) is 2.68. The Morgan fingerprint density at radius 3 is 2.41 bits per heavy atom. The molecule has 0 aromatic heterocycles. The van der Waals surface area contributed by atoms with Crippen molar-refractivity contribution in [2.75, 3.05) is 11.6 Å². The lowest BCUT2D eigenvalue weighted by Gasteiger charge is -2.16. The maximum Gasteiger partial charge on any atom is 0.441 e. The lowest BCUT2D eigenvalue weighted by molar-refractivity contribution is -0.0328. The molecule has 0 N–H and O–H groups in total. The van der Waals surface area contributed by atoms with Gasteiger partial charge in [0.25, 0.3) is 0 Å². The summed E-state index contributed by atoms with van der Waals surface area (Å²) in [4.78, 5) is 0. The van der Waals surface area contributed by atoms with Gasteiger partial charge in [0, 0.05) is 16.7 Å². The van der Waals surface area contributed by atoms with Gasteiger partial charge in [0.15, 0.2) is 0 Å². The van der Waals surface area contributed by atoms with E-state index in [2.05, 4.69) is 0 Å². The summed E-state index contributed by atoms with van der Waals surface area (Å²) in [6.07, 6.45) is 0.359. The highest BCUT2D eigenvalue weighted by molar-refractivity contribution is 8.00. The first-order chi connectivity index (χ1) is 7.94. The maximum absolute atomic E-state index is 12.0. The van der Waals surface area contributed by atoms with E-state index in [1.54, 1.807) is 24.3 Å². The largest absolute Gasteiger partial charge is 0.441 e. The molecule has 0 saturated heterocycles. The zero-order valence-electron chi connectivity index (χ0n) is 8.81. The summed E-state index contributed by atoms with van der Waals surface area (Å²) in [5.41, 5.74) is -3.37. The van der Waals surface area contributed by atoms with Gasteiger partial charge in [0.1, 0.15) is 0 Å². The zero-order chi connectivity index (χ0) is 12.9. The van der Waals surface area contributed by atoms with E-state index in [4.69, 9.17) is 23.2 Å². The van der Waals surface area contributed by atoms with Gasteiger partial charge in [-0.2, -0.15) is 13.2 Å². The Kier molecular flexibility index (Phi) is 5.97. The molecule has 0 nitrogen and oxygen atoms in total. The Bertz CT molecular complexity index is 355. The van der Waals surface area contributed by atoms with E-state index in [0.717, 1.165) is 5.56 Å². The quantitative estimate of drug-likeness (QED) is 0.665. The Hall–Kier alpha value is -0.0600. The lowest BCUT2D eigenvalue weighted by atomic mass is 9.98. The molecule has 0 aliphatic rings. The Morgan fingerprint density at radius 2 is 1.88 bits per heavy atom. The summed E-state index contributed by atoms with van der Waals surface area (Å²) in [6.45, 7) is 0. The van der Waals surface area contributed by atoms with E-state index in [-0.39, 0.29) is 29.3 Å².